The normalized spacial score (nSPS) is 14.5. The van der Waals surface area contributed by atoms with E-state index in [2.05, 4.69) is 27.8 Å². The zero-order valence-electron chi connectivity index (χ0n) is 11.5. The van der Waals surface area contributed by atoms with Crippen molar-refractivity contribution in [2.75, 3.05) is 18.4 Å². The van der Waals surface area contributed by atoms with E-state index in [0.29, 0.717) is 5.56 Å². The monoisotopic (exact) mass is 301 g/mol. The molecular formula is C16H16ClN3O. The number of pyridine rings is 1. The molecule has 108 valence electrons. The SMILES string of the molecule is O=C(Nc1ccc(CC2CNC2)cc1)c1cccnc1Cl. The molecule has 0 atom stereocenters. The van der Waals surface area contributed by atoms with Crippen molar-refractivity contribution in [3.63, 3.8) is 0 Å². The minimum absolute atomic E-state index is 0.212. The molecule has 2 aromatic rings. The van der Waals surface area contributed by atoms with Crippen LogP contribution in [-0.2, 0) is 6.42 Å². The Morgan fingerprint density at radius 2 is 2.05 bits per heavy atom. The van der Waals surface area contributed by atoms with Crippen LogP contribution in [0.5, 0.6) is 0 Å². The number of rotatable bonds is 4. The smallest absolute Gasteiger partial charge is 0.258 e. The van der Waals surface area contributed by atoms with Crippen LogP contribution in [0.25, 0.3) is 0 Å². The second kappa shape index (κ2) is 6.24. The lowest BCUT2D eigenvalue weighted by Gasteiger charge is -2.27. The highest BCUT2D eigenvalue weighted by Gasteiger charge is 2.16. The Balaban J connectivity index is 1.64. The van der Waals surface area contributed by atoms with Gasteiger partial charge in [-0.15, -0.1) is 0 Å². The summed E-state index contributed by atoms with van der Waals surface area (Å²) in [5, 5.41) is 6.31. The van der Waals surface area contributed by atoms with Crippen LogP contribution in [0.3, 0.4) is 0 Å². The molecule has 0 radical (unpaired) electrons. The van der Waals surface area contributed by atoms with Crippen LogP contribution in [0.15, 0.2) is 42.6 Å². The summed E-state index contributed by atoms with van der Waals surface area (Å²) in [5.41, 5.74) is 2.43. The summed E-state index contributed by atoms with van der Waals surface area (Å²) in [6.07, 6.45) is 2.64. The highest BCUT2D eigenvalue weighted by molar-refractivity contribution is 6.33. The first-order valence-corrected chi connectivity index (χ1v) is 7.31. The number of carbonyl (C=O) groups is 1. The van der Waals surface area contributed by atoms with Gasteiger partial charge in [-0.05, 0) is 55.3 Å². The number of halogens is 1. The Morgan fingerprint density at radius 1 is 1.29 bits per heavy atom. The van der Waals surface area contributed by atoms with Crippen molar-refractivity contribution >= 4 is 23.2 Å². The van der Waals surface area contributed by atoms with Crippen molar-refractivity contribution in [1.82, 2.24) is 10.3 Å². The standard InChI is InChI=1S/C16H16ClN3O/c17-15-14(2-1-7-19-15)16(21)20-13-5-3-11(4-6-13)8-12-9-18-10-12/h1-7,12,18H,8-10H2,(H,20,21). The van der Waals surface area contributed by atoms with E-state index < -0.39 is 0 Å². The van der Waals surface area contributed by atoms with Gasteiger partial charge in [0, 0.05) is 11.9 Å². The van der Waals surface area contributed by atoms with Gasteiger partial charge in [-0.3, -0.25) is 4.79 Å². The average molecular weight is 302 g/mol. The van der Waals surface area contributed by atoms with Gasteiger partial charge in [0.25, 0.3) is 5.91 Å². The van der Waals surface area contributed by atoms with Gasteiger partial charge in [-0.25, -0.2) is 4.98 Å². The summed E-state index contributed by atoms with van der Waals surface area (Å²) in [5.74, 6) is 0.490. The fourth-order valence-electron chi connectivity index (χ4n) is 2.30. The first-order valence-electron chi connectivity index (χ1n) is 6.94. The van der Waals surface area contributed by atoms with Gasteiger partial charge in [-0.1, -0.05) is 23.7 Å². The number of carbonyl (C=O) groups excluding carboxylic acids is 1. The number of amides is 1. The summed E-state index contributed by atoms with van der Waals surface area (Å²) < 4.78 is 0. The van der Waals surface area contributed by atoms with Crippen LogP contribution in [0, 0.1) is 5.92 Å². The molecule has 1 aromatic heterocycles. The Bertz CT molecular complexity index is 638. The second-order valence-electron chi connectivity index (χ2n) is 5.22. The van der Waals surface area contributed by atoms with Gasteiger partial charge in [-0.2, -0.15) is 0 Å². The number of benzene rings is 1. The predicted molar refractivity (Wildman–Crippen MR) is 83.7 cm³/mol. The van der Waals surface area contributed by atoms with Crippen molar-refractivity contribution in [3.8, 4) is 0 Å². The highest BCUT2D eigenvalue weighted by atomic mass is 35.5. The van der Waals surface area contributed by atoms with Crippen LogP contribution < -0.4 is 10.6 Å². The highest BCUT2D eigenvalue weighted by Crippen LogP contribution is 2.17. The van der Waals surface area contributed by atoms with Gasteiger partial charge >= 0.3 is 0 Å². The molecule has 0 spiro atoms. The molecule has 1 fully saturated rings. The maximum atomic E-state index is 12.1. The first kappa shape index (κ1) is 14.0. The third kappa shape index (κ3) is 3.40. The number of nitrogens with zero attached hydrogens (tertiary/aromatic N) is 1. The molecule has 0 bridgehead atoms. The minimum Gasteiger partial charge on any atom is -0.322 e. The fourth-order valence-corrected chi connectivity index (χ4v) is 2.51. The molecule has 1 amide bonds. The predicted octanol–water partition coefficient (Wildman–Crippen LogP) is 2.75. The van der Waals surface area contributed by atoms with E-state index in [4.69, 9.17) is 11.6 Å². The Morgan fingerprint density at radius 3 is 2.67 bits per heavy atom. The van der Waals surface area contributed by atoms with Gasteiger partial charge in [0.2, 0.25) is 0 Å². The largest absolute Gasteiger partial charge is 0.322 e. The van der Waals surface area contributed by atoms with Crippen LogP contribution in [0.1, 0.15) is 15.9 Å². The third-order valence-corrected chi connectivity index (χ3v) is 3.91. The van der Waals surface area contributed by atoms with Crippen LogP contribution in [-0.4, -0.2) is 24.0 Å². The topological polar surface area (TPSA) is 54.0 Å². The summed E-state index contributed by atoms with van der Waals surface area (Å²) in [6, 6.07) is 11.3. The molecule has 2 heterocycles. The molecule has 1 saturated heterocycles. The van der Waals surface area contributed by atoms with Gasteiger partial charge in [0.05, 0.1) is 5.56 Å². The first-order chi connectivity index (χ1) is 10.2. The number of hydrogen-bond acceptors (Lipinski definition) is 3. The summed E-state index contributed by atoms with van der Waals surface area (Å²) in [7, 11) is 0. The molecule has 1 aromatic carbocycles. The summed E-state index contributed by atoms with van der Waals surface area (Å²) >= 11 is 5.91. The summed E-state index contributed by atoms with van der Waals surface area (Å²) in [4.78, 5) is 16.0. The van der Waals surface area contributed by atoms with E-state index >= 15 is 0 Å². The van der Waals surface area contributed by atoms with Gasteiger partial charge in [0.15, 0.2) is 0 Å². The van der Waals surface area contributed by atoms with E-state index in [0.717, 1.165) is 31.1 Å². The van der Waals surface area contributed by atoms with Crippen molar-refractivity contribution in [3.05, 3.63) is 58.9 Å². The number of aromatic nitrogens is 1. The van der Waals surface area contributed by atoms with Crippen LogP contribution >= 0.6 is 11.6 Å². The molecule has 5 heteroatoms. The number of hydrogen-bond donors (Lipinski definition) is 2. The van der Waals surface area contributed by atoms with Gasteiger partial charge in [0.1, 0.15) is 5.15 Å². The van der Waals surface area contributed by atoms with Crippen molar-refractivity contribution in [2.45, 2.75) is 6.42 Å². The van der Waals surface area contributed by atoms with E-state index in [9.17, 15) is 4.79 Å². The quantitative estimate of drug-likeness (QED) is 0.854. The summed E-state index contributed by atoms with van der Waals surface area (Å²) in [6.45, 7) is 2.19. The molecule has 21 heavy (non-hydrogen) atoms. The van der Waals surface area contributed by atoms with Crippen LogP contribution in [0.4, 0.5) is 5.69 Å². The fraction of sp³-hybridized carbons (Fsp3) is 0.250. The average Bonchev–Trinajstić information content (AvgIpc) is 2.45. The lowest BCUT2D eigenvalue weighted by atomic mass is 9.94. The molecule has 0 unspecified atom stereocenters. The lowest BCUT2D eigenvalue weighted by molar-refractivity contribution is 0.102. The molecule has 0 saturated carbocycles. The zero-order chi connectivity index (χ0) is 14.7. The van der Waals surface area contributed by atoms with E-state index in [1.807, 2.05) is 12.1 Å². The Kier molecular flexibility index (Phi) is 4.18. The molecule has 0 aliphatic carbocycles. The number of nitrogens with one attached hydrogen (secondary N) is 2. The molecule has 1 aliphatic heterocycles. The number of anilines is 1. The lowest BCUT2D eigenvalue weighted by Crippen LogP contribution is -2.43. The second-order valence-corrected chi connectivity index (χ2v) is 5.58. The Labute approximate surface area is 128 Å². The van der Waals surface area contributed by atoms with Crippen molar-refractivity contribution in [1.29, 1.82) is 0 Å². The maximum Gasteiger partial charge on any atom is 0.258 e. The maximum absolute atomic E-state index is 12.1. The van der Waals surface area contributed by atoms with Crippen molar-refractivity contribution in [2.24, 2.45) is 5.92 Å². The molecule has 3 rings (SSSR count). The minimum atomic E-state index is -0.246. The third-order valence-electron chi connectivity index (χ3n) is 3.61. The van der Waals surface area contributed by atoms with E-state index in [-0.39, 0.29) is 11.1 Å². The molecule has 4 nitrogen and oxygen atoms in total. The van der Waals surface area contributed by atoms with Crippen LogP contribution in [0.2, 0.25) is 5.15 Å². The molecule has 1 aliphatic rings. The zero-order valence-corrected chi connectivity index (χ0v) is 12.2. The van der Waals surface area contributed by atoms with Gasteiger partial charge < -0.3 is 10.6 Å². The van der Waals surface area contributed by atoms with E-state index in [1.54, 1.807) is 18.3 Å². The van der Waals surface area contributed by atoms with Crippen molar-refractivity contribution < 1.29 is 4.79 Å². The molecule has 2 N–H and O–H groups in total. The van der Waals surface area contributed by atoms with E-state index in [1.165, 1.54) is 5.56 Å². The Hall–Kier alpha value is -1.91. The molecular weight excluding hydrogens is 286 g/mol.